The Morgan fingerprint density at radius 3 is 1.17 bits per heavy atom. The number of phenols is 2. The number of aromatic hydroxyl groups is 2. The Balaban J connectivity index is 1.77. The fourth-order valence-corrected chi connectivity index (χ4v) is 9.07. The normalized spacial score (nSPS) is 34.5. The van der Waals surface area contributed by atoms with Crippen LogP contribution in [-0.2, 0) is 28.7 Å². The van der Waals surface area contributed by atoms with Gasteiger partial charge < -0.3 is 117 Å². The number of hydrogen-bond acceptors (Lipinski definition) is 27. The lowest BCUT2D eigenvalue weighted by molar-refractivity contribution is -0.261. The molecule has 0 aromatic heterocycles. The molecule has 27 nitrogen and oxygen atoms in total. The molecule has 0 amide bonds. The molecule has 17 unspecified atom stereocenters. The minimum absolute atomic E-state index is 0.0960. The summed E-state index contributed by atoms with van der Waals surface area (Å²) in [6.45, 7) is -4.07. The van der Waals surface area contributed by atoms with Crippen molar-refractivity contribution in [2.24, 2.45) is 5.92 Å². The second kappa shape index (κ2) is 22.5. The number of allylic oxidation sites excluding steroid dienone is 4. The molecule has 2 aromatic carbocycles. The molecule has 0 spiro atoms. The SMILES string of the molecule is O=C1C(=C(O)/C=C\c2ccc(O)cc2)C(O)=C(C(C2=C(O)C(=C(O)/C=C/c3ccc(O)cc3)C(=O)C(O)(C3OC(CO)C(O)C(O)C3O)C2=O)C(O)C(O)C(O)C(O)CO)C(=O)C1(O)C1OC(CO)C(O)C(O)C1O. The first-order valence-electron chi connectivity index (χ1n) is 22.4. The number of hydrogen-bond donors (Lipinski definition) is 21. The zero-order valence-corrected chi connectivity index (χ0v) is 38.6. The zero-order valence-electron chi connectivity index (χ0n) is 38.6. The van der Waals surface area contributed by atoms with E-state index in [1.165, 1.54) is 24.3 Å². The molecule has 0 radical (unpaired) electrons. The van der Waals surface area contributed by atoms with E-state index in [2.05, 4.69) is 0 Å². The van der Waals surface area contributed by atoms with Crippen LogP contribution in [0.5, 0.6) is 11.5 Å². The minimum Gasteiger partial charge on any atom is -0.508 e. The van der Waals surface area contributed by atoms with E-state index < -0.39 is 191 Å². The van der Waals surface area contributed by atoms with Gasteiger partial charge in [-0.25, -0.2) is 0 Å². The molecule has 2 aromatic rings. The number of ether oxygens (including phenoxy) is 2. The Morgan fingerprint density at radius 2 is 0.853 bits per heavy atom. The van der Waals surface area contributed by atoms with Crippen molar-refractivity contribution in [2.45, 2.75) is 96.7 Å². The first-order valence-corrected chi connectivity index (χ1v) is 22.4. The number of ketones is 4. The van der Waals surface area contributed by atoms with Crippen LogP contribution >= 0.6 is 0 Å². The number of rotatable bonds is 15. The summed E-state index contributed by atoms with van der Waals surface area (Å²) >= 11 is 0. The van der Waals surface area contributed by atoms with E-state index in [1.54, 1.807) is 0 Å². The third-order valence-corrected chi connectivity index (χ3v) is 13.3. The van der Waals surface area contributed by atoms with Crippen LogP contribution in [-0.4, -0.2) is 247 Å². The van der Waals surface area contributed by atoms with Crippen LogP contribution in [0, 0.1) is 5.92 Å². The molecule has 2 saturated heterocycles. The van der Waals surface area contributed by atoms with Gasteiger partial charge in [-0.1, -0.05) is 36.4 Å². The standard InChI is InChI=1S/C48H54O27/c49-13-22(56)30(57)36(63)35(62)27(28-33(60)25(20(54)11-5-16-1-7-18(52)8-2-16)41(68)47(72,43(28)70)45-39(66)37(64)31(58)23(14-50)74-45)29-34(61)26(21(55)12-6-17-3-9-19(53)10-4-17)42(69)48(73,44(29)71)46-40(67)38(65)32(59)24(15-51)75-46/h1-12,22-24,27,30-32,35-40,45-46,49-67,72-73H,13-15H2/b11-5-,12-6+,25-20?,26-21?. The summed E-state index contributed by atoms with van der Waals surface area (Å²) in [7, 11) is 0. The summed E-state index contributed by atoms with van der Waals surface area (Å²) in [5.74, 6) is -20.2. The summed E-state index contributed by atoms with van der Waals surface area (Å²) in [6.07, 6.45) is -34.3. The fraction of sp³-hybridized carbons (Fsp3) is 0.417. The highest BCUT2D eigenvalue weighted by Gasteiger charge is 2.68. The lowest BCUT2D eigenvalue weighted by atomic mass is 9.62. The van der Waals surface area contributed by atoms with Gasteiger partial charge >= 0.3 is 0 Å². The third-order valence-electron chi connectivity index (χ3n) is 13.3. The largest absolute Gasteiger partial charge is 0.508 e. The average molecular weight is 1060 g/mol. The molecule has 27 heteroatoms. The van der Waals surface area contributed by atoms with Gasteiger partial charge in [0, 0.05) is 0 Å². The van der Waals surface area contributed by atoms with Gasteiger partial charge in [0.15, 0.2) is 0 Å². The molecule has 6 rings (SSSR count). The van der Waals surface area contributed by atoms with Gasteiger partial charge in [0.1, 0.15) is 125 Å². The van der Waals surface area contributed by atoms with Crippen LogP contribution in [0.25, 0.3) is 12.2 Å². The number of phenolic OH excluding ortho intramolecular Hbond substituents is 2. The van der Waals surface area contributed by atoms with E-state index in [1.807, 2.05) is 0 Å². The molecule has 17 atom stereocenters. The van der Waals surface area contributed by atoms with E-state index in [-0.39, 0.29) is 22.6 Å². The van der Waals surface area contributed by atoms with Crippen molar-refractivity contribution in [3.63, 3.8) is 0 Å². The average Bonchev–Trinajstić information content (AvgIpc) is 3.39. The van der Waals surface area contributed by atoms with E-state index >= 15 is 9.59 Å². The van der Waals surface area contributed by atoms with Gasteiger partial charge in [0.2, 0.25) is 34.3 Å². The number of Topliss-reactive ketones (excluding diaryl/α,β-unsaturated/α-hetero) is 4. The number of aliphatic hydroxyl groups excluding tert-OH is 17. The molecule has 0 saturated carbocycles. The molecular weight excluding hydrogens is 1010 g/mol. The number of benzene rings is 2. The monoisotopic (exact) mass is 1060 g/mol. The van der Waals surface area contributed by atoms with Crippen molar-refractivity contribution in [3.8, 4) is 11.5 Å². The summed E-state index contributed by atoms with van der Waals surface area (Å²) in [5.41, 5.74) is -15.7. The van der Waals surface area contributed by atoms with Crippen molar-refractivity contribution >= 4 is 35.3 Å². The topological polar surface area (TPSA) is 512 Å². The van der Waals surface area contributed by atoms with E-state index in [9.17, 15) is 117 Å². The molecule has 2 heterocycles. The van der Waals surface area contributed by atoms with Gasteiger partial charge in [-0.2, -0.15) is 0 Å². The second-order valence-electron chi connectivity index (χ2n) is 17.9. The van der Waals surface area contributed by atoms with Crippen molar-refractivity contribution in [2.75, 3.05) is 19.8 Å². The number of aliphatic hydroxyl groups is 19. The van der Waals surface area contributed by atoms with E-state index in [4.69, 9.17) is 9.47 Å². The van der Waals surface area contributed by atoms with Gasteiger partial charge in [0.05, 0.1) is 43.0 Å². The lowest BCUT2D eigenvalue weighted by Gasteiger charge is -2.48. The van der Waals surface area contributed by atoms with Crippen LogP contribution in [0.2, 0.25) is 0 Å². The Labute approximate surface area is 421 Å². The summed E-state index contributed by atoms with van der Waals surface area (Å²) in [5, 5.41) is 233. The first-order chi connectivity index (χ1) is 35.2. The van der Waals surface area contributed by atoms with Gasteiger partial charge in [-0.05, 0) is 47.5 Å². The molecule has 21 N–H and O–H groups in total. The van der Waals surface area contributed by atoms with Gasteiger partial charge in [0.25, 0.3) is 0 Å². The van der Waals surface area contributed by atoms with Crippen molar-refractivity contribution in [1.29, 1.82) is 0 Å². The Hall–Kier alpha value is -6.32. The number of carbonyl (C=O) groups excluding carboxylic acids is 4. The quantitative estimate of drug-likeness (QED) is 0.0448. The summed E-state index contributed by atoms with van der Waals surface area (Å²) in [4.78, 5) is 60.1. The molecule has 408 valence electrons. The molecule has 2 aliphatic heterocycles. The van der Waals surface area contributed by atoms with Crippen molar-refractivity contribution in [3.05, 3.63) is 117 Å². The smallest absolute Gasteiger partial charge is 0.219 e. The zero-order chi connectivity index (χ0) is 55.9. The maximum atomic E-state index is 15.3. The molecule has 2 fully saturated rings. The third kappa shape index (κ3) is 10.1. The highest BCUT2D eigenvalue weighted by molar-refractivity contribution is 6.31. The maximum absolute atomic E-state index is 15.3. The van der Waals surface area contributed by atoms with E-state index in [0.717, 1.165) is 36.4 Å². The molecule has 4 aliphatic rings. The summed E-state index contributed by atoms with van der Waals surface area (Å²) in [6, 6.07) is 9.47. The Kier molecular flexibility index (Phi) is 17.4. The highest BCUT2D eigenvalue weighted by atomic mass is 16.6. The molecule has 2 aliphatic carbocycles. The first kappa shape index (κ1) is 57.9. The molecule has 0 bridgehead atoms. The van der Waals surface area contributed by atoms with Crippen LogP contribution in [0.1, 0.15) is 11.1 Å². The Bertz CT molecular complexity index is 2530. The van der Waals surface area contributed by atoms with Crippen LogP contribution < -0.4 is 0 Å². The highest BCUT2D eigenvalue weighted by Crippen LogP contribution is 2.48. The van der Waals surface area contributed by atoms with Crippen molar-refractivity contribution < 1.29 is 136 Å². The number of carbonyl (C=O) groups is 4. The second-order valence-corrected chi connectivity index (χ2v) is 17.9. The van der Waals surface area contributed by atoms with E-state index in [0.29, 0.717) is 12.2 Å². The predicted molar refractivity (Wildman–Crippen MR) is 245 cm³/mol. The van der Waals surface area contributed by atoms with Crippen LogP contribution in [0.3, 0.4) is 0 Å². The molecule has 75 heavy (non-hydrogen) atoms. The van der Waals surface area contributed by atoms with Gasteiger partial charge in [-0.15, -0.1) is 0 Å². The molecular formula is C48H54O27. The Morgan fingerprint density at radius 1 is 0.507 bits per heavy atom. The van der Waals surface area contributed by atoms with Crippen LogP contribution in [0.15, 0.2) is 106 Å². The lowest BCUT2D eigenvalue weighted by Crippen LogP contribution is -2.72. The fourth-order valence-electron chi connectivity index (χ4n) is 9.07. The summed E-state index contributed by atoms with van der Waals surface area (Å²) < 4.78 is 10.7. The van der Waals surface area contributed by atoms with Crippen LogP contribution in [0.4, 0.5) is 0 Å². The van der Waals surface area contributed by atoms with Crippen molar-refractivity contribution in [1.82, 2.24) is 0 Å². The maximum Gasteiger partial charge on any atom is 0.219 e. The predicted octanol–water partition coefficient (Wildman–Crippen LogP) is -6.42. The van der Waals surface area contributed by atoms with Gasteiger partial charge in [-0.3, -0.25) is 19.2 Å². The minimum atomic E-state index is -4.30.